The lowest BCUT2D eigenvalue weighted by Crippen LogP contribution is -2.44. The second-order valence-corrected chi connectivity index (χ2v) is 8.00. The number of benzene rings is 1. The van der Waals surface area contributed by atoms with E-state index in [1.54, 1.807) is 0 Å². The van der Waals surface area contributed by atoms with E-state index in [2.05, 4.69) is 44.3 Å². The van der Waals surface area contributed by atoms with Crippen molar-refractivity contribution >= 4 is 11.5 Å². The van der Waals surface area contributed by atoms with Gasteiger partial charge in [0.05, 0.1) is 0 Å². The minimum Gasteiger partial charge on any atom is -0.379 e. The third kappa shape index (κ3) is 3.85. The van der Waals surface area contributed by atoms with Crippen LogP contribution in [0.2, 0.25) is 0 Å². The van der Waals surface area contributed by atoms with Crippen LogP contribution in [0.4, 0.5) is 0 Å². The molecule has 2 aliphatic rings. The molecule has 0 unspecified atom stereocenters. The predicted octanol–water partition coefficient (Wildman–Crippen LogP) is 4.80. The average Bonchev–Trinajstić information content (AvgIpc) is 2.76. The summed E-state index contributed by atoms with van der Waals surface area (Å²) in [6, 6.07) is 6.60. The van der Waals surface area contributed by atoms with Gasteiger partial charge in [0.2, 0.25) is 0 Å². The maximum Gasteiger partial charge on any atom is 0.160 e. The quantitative estimate of drug-likeness (QED) is 0.628. The lowest BCUT2D eigenvalue weighted by Gasteiger charge is -2.36. The van der Waals surface area contributed by atoms with Crippen molar-refractivity contribution in [2.24, 2.45) is 5.92 Å². The normalized spacial score (nSPS) is 23.0. The third-order valence-corrected chi connectivity index (χ3v) is 5.21. The minimum absolute atomic E-state index is 0.00216. The molecule has 1 aliphatic carbocycles. The molecule has 1 aliphatic heterocycles. The molecule has 1 heterocycles. The molecule has 23 heavy (non-hydrogen) atoms. The van der Waals surface area contributed by atoms with E-state index in [0.717, 1.165) is 25.0 Å². The highest BCUT2D eigenvalue weighted by atomic mass is 16.1. The number of carbonyl (C=O) groups excluding carboxylic acids is 1. The van der Waals surface area contributed by atoms with Gasteiger partial charge in [-0.25, -0.2) is 0 Å². The summed E-state index contributed by atoms with van der Waals surface area (Å²) in [5.74, 6) is 0.546. The number of hydrogen-bond acceptors (Lipinski definition) is 2. The van der Waals surface area contributed by atoms with Crippen molar-refractivity contribution in [2.75, 3.05) is 0 Å². The van der Waals surface area contributed by atoms with Crippen LogP contribution in [0.25, 0.3) is 5.70 Å². The average molecular weight is 311 g/mol. The van der Waals surface area contributed by atoms with Gasteiger partial charge in [-0.05, 0) is 51.7 Å². The summed E-state index contributed by atoms with van der Waals surface area (Å²) in [4.78, 5) is 12.8. The number of nitrogens with one attached hydrogen (secondary N) is 1. The first kappa shape index (κ1) is 16.3. The highest BCUT2D eigenvalue weighted by molar-refractivity contribution is 5.98. The molecule has 0 bridgehead atoms. The van der Waals surface area contributed by atoms with Gasteiger partial charge in [-0.15, -0.1) is 0 Å². The molecule has 0 spiro atoms. The van der Waals surface area contributed by atoms with Crippen LogP contribution in [0.1, 0.15) is 69.1 Å². The Bertz CT molecular complexity index is 619. The molecule has 0 saturated heterocycles. The Morgan fingerprint density at radius 2 is 1.87 bits per heavy atom. The fourth-order valence-corrected chi connectivity index (χ4v) is 3.99. The van der Waals surface area contributed by atoms with Crippen molar-refractivity contribution in [3.05, 3.63) is 41.0 Å². The number of fused-ring (bicyclic) bond motifs is 1. The zero-order chi connectivity index (χ0) is 16.4. The zero-order valence-corrected chi connectivity index (χ0v) is 14.7. The van der Waals surface area contributed by atoms with Crippen LogP contribution in [-0.4, -0.2) is 11.3 Å². The van der Waals surface area contributed by atoms with E-state index >= 15 is 0 Å². The summed E-state index contributed by atoms with van der Waals surface area (Å²) in [5, 5.41) is 3.60. The molecule has 1 saturated carbocycles. The van der Waals surface area contributed by atoms with E-state index in [9.17, 15) is 4.79 Å². The molecular formula is C21H29NO. The van der Waals surface area contributed by atoms with Crippen molar-refractivity contribution in [1.29, 1.82) is 0 Å². The molecule has 3 rings (SSSR count). The lowest BCUT2D eigenvalue weighted by atomic mass is 9.84. The van der Waals surface area contributed by atoms with Gasteiger partial charge in [0.1, 0.15) is 0 Å². The Morgan fingerprint density at radius 1 is 1.17 bits per heavy atom. The van der Waals surface area contributed by atoms with Crippen LogP contribution in [-0.2, 0) is 11.2 Å². The Balaban J connectivity index is 1.91. The van der Waals surface area contributed by atoms with Crippen molar-refractivity contribution in [3.8, 4) is 0 Å². The molecule has 1 aromatic carbocycles. The Kier molecular flexibility index (Phi) is 4.61. The molecule has 1 aromatic rings. The van der Waals surface area contributed by atoms with Gasteiger partial charge in [0.15, 0.2) is 5.78 Å². The molecule has 0 amide bonds. The number of aryl methyl sites for hydroxylation is 1. The van der Waals surface area contributed by atoms with E-state index in [0.29, 0.717) is 5.78 Å². The maximum absolute atomic E-state index is 12.8. The predicted molar refractivity (Wildman–Crippen MR) is 96.3 cm³/mol. The molecule has 2 nitrogen and oxygen atoms in total. The van der Waals surface area contributed by atoms with E-state index in [4.69, 9.17) is 0 Å². The lowest BCUT2D eigenvalue weighted by molar-refractivity contribution is -0.118. The standard InChI is InChI=1S/C21H29NO/c1-15-10-11-17-14-21(2,3)22-19(18(17)12-15)13-20(23)16-8-6-4-5-7-9-16/h10-13,16,22H,4-9,14H2,1-3H3/b19-13+. The first-order valence-electron chi connectivity index (χ1n) is 9.08. The molecule has 0 aromatic heterocycles. The Morgan fingerprint density at radius 3 is 2.57 bits per heavy atom. The number of allylic oxidation sites excluding steroid dienone is 1. The van der Waals surface area contributed by atoms with E-state index in [-0.39, 0.29) is 11.5 Å². The van der Waals surface area contributed by atoms with Crippen LogP contribution in [0, 0.1) is 12.8 Å². The molecular weight excluding hydrogens is 282 g/mol. The Labute approximate surface area is 140 Å². The van der Waals surface area contributed by atoms with E-state index in [1.165, 1.54) is 42.4 Å². The maximum atomic E-state index is 12.8. The summed E-state index contributed by atoms with van der Waals surface area (Å²) in [5.41, 5.74) is 4.83. The van der Waals surface area contributed by atoms with Gasteiger partial charge >= 0.3 is 0 Å². The second kappa shape index (κ2) is 6.51. The van der Waals surface area contributed by atoms with Crippen LogP contribution in [0.5, 0.6) is 0 Å². The van der Waals surface area contributed by atoms with Gasteiger partial charge in [0.25, 0.3) is 0 Å². The molecule has 124 valence electrons. The van der Waals surface area contributed by atoms with Crippen molar-refractivity contribution in [3.63, 3.8) is 0 Å². The molecule has 1 fully saturated rings. The van der Waals surface area contributed by atoms with E-state index in [1.807, 2.05) is 6.08 Å². The Hall–Kier alpha value is -1.57. The van der Waals surface area contributed by atoms with Crippen LogP contribution < -0.4 is 5.32 Å². The summed E-state index contributed by atoms with van der Waals surface area (Å²) < 4.78 is 0. The highest BCUT2D eigenvalue weighted by Gasteiger charge is 2.28. The van der Waals surface area contributed by atoms with Crippen LogP contribution >= 0.6 is 0 Å². The smallest absolute Gasteiger partial charge is 0.160 e. The fourth-order valence-electron chi connectivity index (χ4n) is 3.99. The first-order chi connectivity index (χ1) is 10.9. The minimum atomic E-state index is -0.00216. The monoisotopic (exact) mass is 311 g/mol. The highest BCUT2D eigenvalue weighted by Crippen LogP contribution is 2.31. The van der Waals surface area contributed by atoms with E-state index < -0.39 is 0 Å². The van der Waals surface area contributed by atoms with Gasteiger partial charge in [-0.3, -0.25) is 4.79 Å². The molecule has 0 atom stereocenters. The van der Waals surface area contributed by atoms with Crippen molar-refractivity contribution < 1.29 is 4.79 Å². The number of hydrogen-bond donors (Lipinski definition) is 1. The number of rotatable bonds is 2. The summed E-state index contributed by atoms with van der Waals surface area (Å²) >= 11 is 0. The van der Waals surface area contributed by atoms with Gasteiger partial charge in [-0.1, -0.05) is 43.4 Å². The number of ketones is 1. The third-order valence-electron chi connectivity index (χ3n) is 5.21. The molecule has 0 radical (unpaired) electrons. The van der Waals surface area contributed by atoms with Crippen molar-refractivity contribution in [2.45, 2.75) is 71.3 Å². The summed E-state index contributed by atoms with van der Waals surface area (Å²) in [7, 11) is 0. The molecule has 2 heteroatoms. The first-order valence-corrected chi connectivity index (χ1v) is 9.08. The number of carbonyl (C=O) groups is 1. The summed E-state index contributed by atoms with van der Waals surface area (Å²) in [6.45, 7) is 6.53. The zero-order valence-electron chi connectivity index (χ0n) is 14.7. The summed E-state index contributed by atoms with van der Waals surface area (Å²) in [6.07, 6.45) is 10.00. The van der Waals surface area contributed by atoms with Gasteiger partial charge in [0, 0.05) is 28.8 Å². The van der Waals surface area contributed by atoms with Crippen LogP contribution in [0.3, 0.4) is 0 Å². The van der Waals surface area contributed by atoms with Gasteiger partial charge < -0.3 is 5.32 Å². The van der Waals surface area contributed by atoms with Crippen LogP contribution in [0.15, 0.2) is 24.3 Å². The van der Waals surface area contributed by atoms with Crippen molar-refractivity contribution in [1.82, 2.24) is 5.32 Å². The topological polar surface area (TPSA) is 29.1 Å². The largest absolute Gasteiger partial charge is 0.379 e. The SMILES string of the molecule is Cc1ccc2c(c1)/C(=C\C(=O)C1CCCCCC1)NC(C)(C)C2. The molecule has 1 N–H and O–H groups in total. The fraction of sp³-hybridized carbons (Fsp3) is 0.571. The second-order valence-electron chi connectivity index (χ2n) is 8.00. The van der Waals surface area contributed by atoms with Gasteiger partial charge in [-0.2, -0.15) is 0 Å².